The lowest BCUT2D eigenvalue weighted by molar-refractivity contribution is -0.124. The van der Waals surface area contributed by atoms with Crippen molar-refractivity contribution in [3.05, 3.63) is 59.4 Å². The first-order valence-corrected chi connectivity index (χ1v) is 8.44. The molecule has 0 saturated heterocycles. The summed E-state index contributed by atoms with van der Waals surface area (Å²) in [4.78, 5) is 32.2. The van der Waals surface area contributed by atoms with Gasteiger partial charge < -0.3 is 10.1 Å². The van der Waals surface area contributed by atoms with Crippen molar-refractivity contribution >= 4 is 17.7 Å². The van der Waals surface area contributed by atoms with Crippen LogP contribution >= 0.6 is 0 Å². The van der Waals surface area contributed by atoms with Crippen molar-refractivity contribution in [2.45, 2.75) is 19.8 Å². The highest BCUT2D eigenvalue weighted by Crippen LogP contribution is 2.11. The molecule has 0 aliphatic carbocycles. The fourth-order valence-corrected chi connectivity index (χ4v) is 2.59. The van der Waals surface area contributed by atoms with Crippen LogP contribution in [0.4, 0.5) is 4.39 Å². The molecule has 0 unspecified atom stereocenters. The molecule has 0 bridgehead atoms. The van der Waals surface area contributed by atoms with Gasteiger partial charge in [-0.15, -0.1) is 0 Å². The van der Waals surface area contributed by atoms with Gasteiger partial charge in [0.1, 0.15) is 12.1 Å². The first-order chi connectivity index (χ1) is 13.1. The van der Waals surface area contributed by atoms with Crippen LogP contribution in [0, 0.1) is 5.82 Å². The minimum absolute atomic E-state index is 0.245. The molecule has 0 fully saturated rings. The number of aromatic nitrogens is 4. The summed E-state index contributed by atoms with van der Waals surface area (Å²) in [6.07, 6.45) is 3.80. The van der Waals surface area contributed by atoms with Gasteiger partial charge in [0, 0.05) is 12.7 Å². The lowest BCUT2D eigenvalue weighted by atomic mass is 10.1. The van der Waals surface area contributed by atoms with E-state index in [0.29, 0.717) is 30.9 Å². The molecule has 9 heteroatoms. The number of fused-ring (bicyclic) bond motifs is 1. The van der Waals surface area contributed by atoms with Crippen molar-refractivity contribution in [3.8, 4) is 0 Å². The number of halogens is 1. The third-order valence-corrected chi connectivity index (χ3v) is 3.94. The van der Waals surface area contributed by atoms with Crippen LogP contribution in [-0.2, 0) is 22.4 Å². The van der Waals surface area contributed by atoms with Gasteiger partial charge in [0.15, 0.2) is 6.61 Å². The van der Waals surface area contributed by atoms with Gasteiger partial charge in [-0.2, -0.15) is 10.1 Å². The zero-order valence-corrected chi connectivity index (χ0v) is 14.7. The maximum Gasteiger partial charge on any atom is 0.342 e. The first-order valence-electron chi connectivity index (χ1n) is 8.44. The molecule has 1 aromatic carbocycles. The zero-order valence-electron chi connectivity index (χ0n) is 14.7. The Labute approximate surface area is 154 Å². The molecule has 0 aliphatic rings. The maximum absolute atomic E-state index is 12.8. The topological polar surface area (TPSA) is 98.5 Å². The van der Waals surface area contributed by atoms with E-state index in [1.54, 1.807) is 12.1 Å². The second kappa shape index (κ2) is 8.35. The lowest BCUT2D eigenvalue weighted by Gasteiger charge is -2.09. The van der Waals surface area contributed by atoms with E-state index in [-0.39, 0.29) is 11.4 Å². The molecule has 0 atom stereocenters. The van der Waals surface area contributed by atoms with Crippen molar-refractivity contribution in [2.75, 3.05) is 13.2 Å². The summed E-state index contributed by atoms with van der Waals surface area (Å²) in [5, 5.41) is 6.69. The van der Waals surface area contributed by atoms with Crippen LogP contribution in [0.25, 0.3) is 5.78 Å². The number of carbonyl (C=O) groups is 2. The van der Waals surface area contributed by atoms with Gasteiger partial charge >= 0.3 is 5.97 Å². The maximum atomic E-state index is 12.8. The standard InChI is InChI=1S/C18H18FN5O3/c1-2-15-14(9-21-18-22-11-23-24(15)18)17(26)27-10-16(25)20-8-7-12-3-5-13(19)6-4-12/h3-6,9,11H,2,7-8,10H2,1H3,(H,20,25). The number of benzene rings is 1. The van der Waals surface area contributed by atoms with Crippen LogP contribution in [-0.4, -0.2) is 44.6 Å². The average molecular weight is 371 g/mol. The molecule has 0 saturated carbocycles. The van der Waals surface area contributed by atoms with Crippen LogP contribution in [0.5, 0.6) is 0 Å². The molecule has 27 heavy (non-hydrogen) atoms. The number of amides is 1. The number of hydrogen-bond donors (Lipinski definition) is 1. The Morgan fingerprint density at radius 2 is 2.00 bits per heavy atom. The van der Waals surface area contributed by atoms with Crippen LogP contribution < -0.4 is 5.32 Å². The Bertz CT molecular complexity index is 955. The predicted molar refractivity (Wildman–Crippen MR) is 93.6 cm³/mol. The summed E-state index contributed by atoms with van der Waals surface area (Å²) in [6.45, 7) is 1.82. The van der Waals surface area contributed by atoms with Crippen LogP contribution in [0.15, 0.2) is 36.8 Å². The predicted octanol–water partition coefficient (Wildman–Crippen LogP) is 1.34. The van der Waals surface area contributed by atoms with E-state index in [2.05, 4.69) is 20.4 Å². The summed E-state index contributed by atoms with van der Waals surface area (Å²) in [7, 11) is 0. The van der Waals surface area contributed by atoms with Gasteiger partial charge in [-0.1, -0.05) is 19.1 Å². The second-order valence-electron chi connectivity index (χ2n) is 5.75. The van der Waals surface area contributed by atoms with Crippen LogP contribution in [0.3, 0.4) is 0 Å². The first kappa shape index (κ1) is 18.4. The Hall–Kier alpha value is -3.36. The monoisotopic (exact) mass is 371 g/mol. The SMILES string of the molecule is CCc1c(C(=O)OCC(=O)NCCc2ccc(F)cc2)cnc2ncnn12. The fourth-order valence-electron chi connectivity index (χ4n) is 2.59. The number of nitrogens with one attached hydrogen (secondary N) is 1. The molecule has 8 nitrogen and oxygen atoms in total. The minimum atomic E-state index is -0.648. The van der Waals surface area contributed by atoms with Crippen LogP contribution in [0.1, 0.15) is 28.5 Å². The van der Waals surface area contributed by atoms with E-state index in [0.717, 1.165) is 5.56 Å². The number of rotatable bonds is 7. The summed E-state index contributed by atoms with van der Waals surface area (Å²) in [5.41, 5.74) is 1.75. The van der Waals surface area contributed by atoms with E-state index in [9.17, 15) is 14.0 Å². The number of carbonyl (C=O) groups excluding carboxylic acids is 2. The van der Waals surface area contributed by atoms with Crippen molar-refractivity contribution in [1.82, 2.24) is 24.9 Å². The summed E-state index contributed by atoms with van der Waals surface area (Å²) < 4.78 is 19.4. The molecule has 0 aliphatic heterocycles. The van der Waals surface area contributed by atoms with Crippen LogP contribution in [0.2, 0.25) is 0 Å². The van der Waals surface area contributed by atoms with E-state index >= 15 is 0 Å². The highest BCUT2D eigenvalue weighted by atomic mass is 19.1. The number of esters is 1. The molecule has 2 aromatic heterocycles. The van der Waals surface area contributed by atoms with Gasteiger partial charge in [0.2, 0.25) is 0 Å². The van der Waals surface area contributed by atoms with Gasteiger partial charge in [0.05, 0.1) is 11.3 Å². The normalized spacial score (nSPS) is 10.7. The Morgan fingerprint density at radius 1 is 1.22 bits per heavy atom. The second-order valence-corrected chi connectivity index (χ2v) is 5.75. The lowest BCUT2D eigenvalue weighted by Crippen LogP contribution is -2.30. The van der Waals surface area contributed by atoms with Gasteiger partial charge in [-0.25, -0.2) is 18.7 Å². The summed E-state index contributed by atoms with van der Waals surface area (Å²) >= 11 is 0. The molecule has 2 heterocycles. The Balaban J connectivity index is 1.51. The molecular formula is C18H18FN5O3. The van der Waals surface area contributed by atoms with E-state index < -0.39 is 18.5 Å². The minimum Gasteiger partial charge on any atom is -0.452 e. The molecule has 1 N–H and O–H groups in total. The quantitative estimate of drug-likeness (QED) is 0.630. The molecular weight excluding hydrogens is 353 g/mol. The van der Waals surface area contributed by atoms with E-state index in [4.69, 9.17) is 4.74 Å². The van der Waals surface area contributed by atoms with Crippen molar-refractivity contribution < 1.29 is 18.7 Å². The van der Waals surface area contributed by atoms with Gasteiger partial charge in [0.25, 0.3) is 11.7 Å². The largest absolute Gasteiger partial charge is 0.452 e. The molecule has 0 radical (unpaired) electrons. The number of hydrogen-bond acceptors (Lipinski definition) is 6. The molecule has 3 rings (SSSR count). The molecule has 140 valence electrons. The number of ether oxygens (including phenoxy) is 1. The third kappa shape index (κ3) is 4.43. The third-order valence-electron chi connectivity index (χ3n) is 3.94. The van der Waals surface area contributed by atoms with Gasteiger partial charge in [-0.3, -0.25) is 4.79 Å². The van der Waals surface area contributed by atoms with E-state index in [1.807, 2.05) is 6.92 Å². The molecule has 1 amide bonds. The van der Waals surface area contributed by atoms with Crippen molar-refractivity contribution in [1.29, 1.82) is 0 Å². The van der Waals surface area contributed by atoms with E-state index in [1.165, 1.54) is 29.2 Å². The molecule has 3 aromatic rings. The number of aryl methyl sites for hydroxylation is 1. The molecule has 0 spiro atoms. The average Bonchev–Trinajstić information content (AvgIpc) is 3.15. The smallest absolute Gasteiger partial charge is 0.342 e. The van der Waals surface area contributed by atoms with Crippen molar-refractivity contribution in [3.63, 3.8) is 0 Å². The zero-order chi connectivity index (χ0) is 19.2. The fraction of sp³-hybridized carbons (Fsp3) is 0.278. The number of nitrogens with zero attached hydrogens (tertiary/aromatic N) is 4. The Kier molecular flexibility index (Phi) is 5.70. The highest BCUT2D eigenvalue weighted by molar-refractivity contribution is 5.92. The van der Waals surface area contributed by atoms with Gasteiger partial charge in [-0.05, 0) is 30.5 Å². The summed E-state index contributed by atoms with van der Waals surface area (Å²) in [5.74, 6) is -0.981. The highest BCUT2D eigenvalue weighted by Gasteiger charge is 2.18. The summed E-state index contributed by atoms with van der Waals surface area (Å²) in [6, 6.07) is 6.04. The Morgan fingerprint density at radius 3 is 2.74 bits per heavy atom. The van der Waals surface area contributed by atoms with Crippen molar-refractivity contribution in [2.24, 2.45) is 0 Å².